The summed E-state index contributed by atoms with van der Waals surface area (Å²) < 4.78 is 0. The Kier molecular flexibility index (Phi) is 4.37. The van der Waals surface area contributed by atoms with Crippen molar-refractivity contribution in [2.45, 2.75) is 26.3 Å². The fourth-order valence-corrected chi connectivity index (χ4v) is 3.65. The van der Waals surface area contributed by atoms with E-state index in [4.69, 9.17) is 0 Å². The van der Waals surface area contributed by atoms with Crippen LogP contribution in [0.3, 0.4) is 0 Å². The Labute approximate surface area is 130 Å². The maximum Gasteiger partial charge on any atom is 0.0677 e. The molecular formula is C19H21NS. The molecule has 0 aliphatic heterocycles. The zero-order valence-corrected chi connectivity index (χ0v) is 13.4. The smallest absolute Gasteiger partial charge is 0.0677 e. The molecule has 0 spiro atoms. The van der Waals surface area contributed by atoms with Crippen molar-refractivity contribution in [1.82, 2.24) is 5.32 Å². The zero-order valence-electron chi connectivity index (χ0n) is 12.6. The van der Waals surface area contributed by atoms with Crippen LogP contribution in [0.25, 0.3) is 10.8 Å². The van der Waals surface area contributed by atoms with Crippen molar-refractivity contribution >= 4 is 22.1 Å². The largest absolute Gasteiger partial charge is 0.306 e. The predicted octanol–water partition coefficient (Wildman–Crippen LogP) is 5.30. The number of hydrogen-bond donors (Lipinski definition) is 1. The Bertz CT molecular complexity index is 716. The Morgan fingerprint density at radius 3 is 2.52 bits per heavy atom. The molecule has 0 fully saturated rings. The predicted molar refractivity (Wildman–Crippen MR) is 93.1 cm³/mol. The van der Waals surface area contributed by atoms with Gasteiger partial charge in [-0.2, -0.15) is 0 Å². The summed E-state index contributed by atoms with van der Waals surface area (Å²) in [6.07, 6.45) is 1.14. The van der Waals surface area contributed by atoms with Crippen molar-refractivity contribution in [3.8, 4) is 0 Å². The van der Waals surface area contributed by atoms with Gasteiger partial charge in [-0.05, 0) is 53.2 Å². The fraction of sp³-hybridized carbons (Fsp3) is 0.263. The Morgan fingerprint density at radius 2 is 1.81 bits per heavy atom. The first kappa shape index (κ1) is 14.3. The second-order valence-electron chi connectivity index (χ2n) is 5.42. The fourth-order valence-electron chi connectivity index (χ4n) is 2.83. The van der Waals surface area contributed by atoms with Crippen molar-refractivity contribution in [3.05, 3.63) is 69.9 Å². The molecule has 0 bridgehead atoms. The van der Waals surface area contributed by atoms with E-state index in [9.17, 15) is 0 Å². The molecule has 2 aromatic carbocycles. The molecule has 1 aromatic heterocycles. The molecule has 1 unspecified atom stereocenters. The normalized spacial score (nSPS) is 12.7. The molecule has 0 aliphatic rings. The first-order valence-electron chi connectivity index (χ1n) is 7.56. The van der Waals surface area contributed by atoms with E-state index in [-0.39, 0.29) is 6.04 Å². The molecule has 108 valence electrons. The van der Waals surface area contributed by atoms with E-state index in [1.807, 2.05) is 11.3 Å². The van der Waals surface area contributed by atoms with Gasteiger partial charge in [0.15, 0.2) is 0 Å². The van der Waals surface area contributed by atoms with Crippen LogP contribution in [0.2, 0.25) is 0 Å². The zero-order chi connectivity index (χ0) is 14.7. The number of fused-ring (bicyclic) bond motifs is 1. The number of aryl methyl sites for hydroxylation is 1. The van der Waals surface area contributed by atoms with Crippen molar-refractivity contribution in [2.75, 3.05) is 6.54 Å². The van der Waals surface area contributed by atoms with Gasteiger partial charge in [-0.1, -0.05) is 49.4 Å². The van der Waals surface area contributed by atoms with E-state index in [0.717, 1.165) is 13.0 Å². The Hall–Kier alpha value is -1.64. The summed E-state index contributed by atoms with van der Waals surface area (Å²) >= 11 is 1.83. The molecule has 21 heavy (non-hydrogen) atoms. The van der Waals surface area contributed by atoms with Crippen LogP contribution in [0, 0.1) is 6.92 Å². The minimum Gasteiger partial charge on any atom is -0.306 e. The van der Waals surface area contributed by atoms with E-state index in [1.54, 1.807) is 0 Å². The minimum atomic E-state index is 0.287. The lowest BCUT2D eigenvalue weighted by atomic mass is 9.95. The van der Waals surface area contributed by atoms with Crippen molar-refractivity contribution in [1.29, 1.82) is 0 Å². The molecule has 1 atom stereocenters. The third kappa shape index (κ3) is 2.87. The topological polar surface area (TPSA) is 12.0 Å². The van der Waals surface area contributed by atoms with Crippen molar-refractivity contribution in [3.63, 3.8) is 0 Å². The third-order valence-corrected chi connectivity index (χ3v) is 4.85. The summed E-state index contributed by atoms with van der Waals surface area (Å²) in [6, 6.07) is 17.9. The van der Waals surface area contributed by atoms with E-state index < -0.39 is 0 Å². The minimum absolute atomic E-state index is 0.287. The van der Waals surface area contributed by atoms with Crippen molar-refractivity contribution in [2.24, 2.45) is 0 Å². The van der Waals surface area contributed by atoms with Crippen LogP contribution in [-0.2, 0) is 0 Å². The molecule has 1 N–H and O–H groups in total. The second kappa shape index (κ2) is 6.42. The maximum absolute atomic E-state index is 3.71. The monoisotopic (exact) mass is 295 g/mol. The van der Waals surface area contributed by atoms with Gasteiger partial charge in [0.05, 0.1) is 6.04 Å². The first-order chi connectivity index (χ1) is 10.3. The highest BCUT2D eigenvalue weighted by molar-refractivity contribution is 7.10. The van der Waals surface area contributed by atoms with Crippen molar-refractivity contribution < 1.29 is 0 Å². The summed E-state index contributed by atoms with van der Waals surface area (Å²) in [4.78, 5) is 1.39. The third-order valence-electron chi connectivity index (χ3n) is 3.91. The highest BCUT2D eigenvalue weighted by Gasteiger charge is 2.17. The lowest BCUT2D eigenvalue weighted by Gasteiger charge is -2.20. The van der Waals surface area contributed by atoms with Crippen LogP contribution in [-0.4, -0.2) is 6.54 Å². The molecule has 3 aromatic rings. The maximum atomic E-state index is 3.71. The van der Waals surface area contributed by atoms with Gasteiger partial charge in [0.2, 0.25) is 0 Å². The van der Waals surface area contributed by atoms with Crippen LogP contribution in [0.5, 0.6) is 0 Å². The second-order valence-corrected chi connectivity index (χ2v) is 6.40. The van der Waals surface area contributed by atoms with Gasteiger partial charge >= 0.3 is 0 Å². The summed E-state index contributed by atoms with van der Waals surface area (Å²) in [5.41, 5.74) is 2.72. The lowest BCUT2D eigenvalue weighted by molar-refractivity contribution is 0.609. The quantitative estimate of drug-likeness (QED) is 0.673. The SMILES string of the molecule is CCCNC(c1cccs1)c1ccc(C)c2ccccc12. The molecule has 0 radical (unpaired) electrons. The number of hydrogen-bond acceptors (Lipinski definition) is 2. The van der Waals surface area contributed by atoms with Crippen LogP contribution in [0.1, 0.15) is 35.4 Å². The molecule has 1 nitrogen and oxygen atoms in total. The highest BCUT2D eigenvalue weighted by Crippen LogP contribution is 2.32. The molecule has 0 aliphatic carbocycles. The van der Waals surface area contributed by atoms with Gasteiger partial charge in [-0.25, -0.2) is 0 Å². The summed E-state index contributed by atoms with van der Waals surface area (Å²) in [5, 5.41) is 8.59. The van der Waals surface area contributed by atoms with Crippen LogP contribution in [0.4, 0.5) is 0 Å². The average molecular weight is 295 g/mol. The van der Waals surface area contributed by atoms with Gasteiger partial charge in [0.25, 0.3) is 0 Å². The van der Waals surface area contributed by atoms with Gasteiger partial charge in [-0.3, -0.25) is 0 Å². The molecule has 0 saturated heterocycles. The van der Waals surface area contributed by atoms with E-state index in [0.29, 0.717) is 0 Å². The molecule has 2 heteroatoms. The molecule has 0 amide bonds. The summed E-state index contributed by atoms with van der Waals surface area (Å²) in [6.45, 7) is 5.43. The number of rotatable bonds is 5. The lowest BCUT2D eigenvalue weighted by Crippen LogP contribution is -2.22. The van der Waals surface area contributed by atoms with E-state index >= 15 is 0 Å². The Balaban J connectivity index is 2.13. The standard InChI is InChI=1S/C19H21NS/c1-3-12-20-19(18-9-6-13-21-18)17-11-10-14(2)15-7-4-5-8-16(15)17/h4-11,13,19-20H,3,12H2,1-2H3. The van der Waals surface area contributed by atoms with E-state index in [2.05, 4.69) is 73.1 Å². The molecule has 3 rings (SSSR count). The van der Waals surface area contributed by atoms with Gasteiger partial charge < -0.3 is 5.32 Å². The van der Waals surface area contributed by atoms with E-state index in [1.165, 1.54) is 26.8 Å². The Morgan fingerprint density at radius 1 is 1.00 bits per heavy atom. The van der Waals surface area contributed by atoms with Gasteiger partial charge in [0, 0.05) is 4.88 Å². The molecule has 1 heterocycles. The van der Waals surface area contributed by atoms with Gasteiger partial charge in [0.1, 0.15) is 0 Å². The molecule has 0 saturated carbocycles. The number of benzene rings is 2. The average Bonchev–Trinajstić information content (AvgIpc) is 3.04. The first-order valence-corrected chi connectivity index (χ1v) is 8.44. The molecular weight excluding hydrogens is 274 g/mol. The number of nitrogens with one attached hydrogen (secondary N) is 1. The highest BCUT2D eigenvalue weighted by atomic mass is 32.1. The summed E-state index contributed by atoms with van der Waals surface area (Å²) in [7, 11) is 0. The van der Waals surface area contributed by atoms with Crippen LogP contribution in [0.15, 0.2) is 53.9 Å². The van der Waals surface area contributed by atoms with Crippen LogP contribution < -0.4 is 5.32 Å². The summed E-state index contributed by atoms with van der Waals surface area (Å²) in [5.74, 6) is 0. The van der Waals surface area contributed by atoms with Crippen LogP contribution >= 0.6 is 11.3 Å². The van der Waals surface area contributed by atoms with Gasteiger partial charge in [-0.15, -0.1) is 11.3 Å². The number of thiophene rings is 1.